The zero-order valence-corrected chi connectivity index (χ0v) is 8.02. The lowest BCUT2D eigenvalue weighted by molar-refractivity contribution is -0.0150. The first-order valence-corrected chi connectivity index (χ1v) is 4.32. The molecule has 0 aliphatic rings. The average Bonchev–Trinajstić information content (AvgIpc) is 2.19. The highest BCUT2D eigenvalue weighted by atomic mass is 35.5. The Bertz CT molecular complexity index is 321. The summed E-state index contributed by atoms with van der Waals surface area (Å²) in [5.41, 5.74) is 5.67. The highest BCUT2D eigenvalue weighted by Gasteiger charge is 2.20. The van der Waals surface area contributed by atoms with Gasteiger partial charge < -0.3 is 21.1 Å². The second-order valence-electron chi connectivity index (χ2n) is 2.82. The van der Waals surface area contributed by atoms with Crippen molar-refractivity contribution in [3.05, 3.63) is 22.8 Å². The number of nitrogens with two attached hydrogens (primary N) is 1. The molecule has 1 aromatic rings. The van der Waals surface area contributed by atoms with Crippen molar-refractivity contribution in [2.45, 2.75) is 12.2 Å². The van der Waals surface area contributed by atoms with E-state index in [-0.39, 0.29) is 11.4 Å². The average molecular weight is 219 g/mol. The number of aromatic nitrogens is 1. The maximum absolute atomic E-state index is 9.51. The second-order valence-corrected chi connectivity index (χ2v) is 3.26. The highest BCUT2D eigenvalue weighted by Crippen LogP contribution is 2.24. The molecule has 0 saturated carbocycles. The quantitative estimate of drug-likeness (QED) is 0.559. The number of nitrogen functional groups attached to an aromatic ring is 1. The molecule has 0 fully saturated rings. The summed E-state index contributed by atoms with van der Waals surface area (Å²) in [4.78, 5) is 3.71. The molecular weight excluding hydrogens is 208 g/mol. The molecule has 1 aromatic heterocycles. The number of halogens is 1. The van der Waals surface area contributed by atoms with E-state index in [1.54, 1.807) is 0 Å². The maximum Gasteiger partial charge on any atom is 0.129 e. The maximum atomic E-state index is 9.51. The van der Waals surface area contributed by atoms with Gasteiger partial charge in [-0.2, -0.15) is 0 Å². The molecule has 0 aromatic carbocycles. The summed E-state index contributed by atoms with van der Waals surface area (Å²) in [5.74, 6) is 0.0781. The van der Waals surface area contributed by atoms with E-state index in [0.717, 1.165) is 0 Å². The molecule has 0 bridgehead atoms. The summed E-state index contributed by atoms with van der Waals surface area (Å²) in [5, 5.41) is 27.6. The SMILES string of the molecule is Nc1ncc(Cl)cc1C(O)C(O)CO. The topological polar surface area (TPSA) is 99.6 Å². The monoisotopic (exact) mass is 218 g/mol. The zero-order chi connectivity index (χ0) is 10.7. The van der Waals surface area contributed by atoms with Crippen LogP contribution in [0.15, 0.2) is 12.3 Å². The van der Waals surface area contributed by atoms with Gasteiger partial charge in [0, 0.05) is 11.8 Å². The molecule has 0 aliphatic carbocycles. The van der Waals surface area contributed by atoms with E-state index in [1.807, 2.05) is 0 Å². The summed E-state index contributed by atoms with van der Waals surface area (Å²) in [6.07, 6.45) is -1.25. The Hall–Kier alpha value is -0.880. The van der Waals surface area contributed by atoms with Crippen molar-refractivity contribution in [1.29, 1.82) is 0 Å². The third-order valence-corrected chi connectivity index (χ3v) is 1.99. The van der Waals surface area contributed by atoms with Crippen LogP contribution in [0.4, 0.5) is 5.82 Å². The van der Waals surface area contributed by atoms with Crippen molar-refractivity contribution >= 4 is 17.4 Å². The first kappa shape index (κ1) is 11.2. The first-order chi connectivity index (χ1) is 6.56. The Morgan fingerprint density at radius 3 is 2.71 bits per heavy atom. The van der Waals surface area contributed by atoms with Gasteiger partial charge in [-0.3, -0.25) is 0 Å². The largest absolute Gasteiger partial charge is 0.394 e. The van der Waals surface area contributed by atoms with Crippen molar-refractivity contribution in [1.82, 2.24) is 4.98 Å². The summed E-state index contributed by atoms with van der Waals surface area (Å²) in [7, 11) is 0. The van der Waals surface area contributed by atoms with Gasteiger partial charge in [-0.1, -0.05) is 11.6 Å². The number of anilines is 1. The molecule has 0 amide bonds. The molecule has 0 radical (unpaired) electrons. The lowest BCUT2D eigenvalue weighted by Gasteiger charge is -2.17. The number of hydrogen-bond acceptors (Lipinski definition) is 5. The Kier molecular flexibility index (Phi) is 3.65. The molecule has 0 saturated heterocycles. The standard InChI is InChI=1S/C8H11ClN2O3/c9-4-1-5(8(10)11-2-4)7(14)6(13)3-12/h1-2,6-7,12-14H,3H2,(H2,10,11). The summed E-state index contributed by atoms with van der Waals surface area (Å²) in [6, 6.07) is 1.40. The minimum Gasteiger partial charge on any atom is -0.394 e. The fraction of sp³-hybridized carbons (Fsp3) is 0.375. The van der Waals surface area contributed by atoms with Crippen molar-refractivity contribution < 1.29 is 15.3 Å². The molecule has 2 atom stereocenters. The molecule has 78 valence electrons. The van der Waals surface area contributed by atoms with Crippen LogP contribution in [0, 0.1) is 0 Å². The van der Waals surface area contributed by atoms with Crippen LogP contribution < -0.4 is 5.73 Å². The lowest BCUT2D eigenvalue weighted by Crippen LogP contribution is -2.23. The minimum atomic E-state index is -1.29. The van der Waals surface area contributed by atoms with E-state index < -0.39 is 18.8 Å². The highest BCUT2D eigenvalue weighted by molar-refractivity contribution is 6.30. The van der Waals surface area contributed by atoms with E-state index in [0.29, 0.717) is 5.02 Å². The smallest absolute Gasteiger partial charge is 0.129 e. The molecule has 14 heavy (non-hydrogen) atoms. The lowest BCUT2D eigenvalue weighted by atomic mass is 10.1. The predicted octanol–water partition coefficient (Wildman–Crippen LogP) is -0.296. The van der Waals surface area contributed by atoms with Gasteiger partial charge in [0.05, 0.1) is 11.6 Å². The molecule has 5 N–H and O–H groups in total. The summed E-state index contributed by atoms with van der Waals surface area (Å²) in [6.45, 7) is -0.562. The fourth-order valence-corrected chi connectivity index (χ4v) is 1.18. The Morgan fingerprint density at radius 1 is 1.50 bits per heavy atom. The van der Waals surface area contributed by atoms with Crippen molar-refractivity contribution in [3.8, 4) is 0 Å². The Morgan fingerprint density at radius 2 is 2.14 bits per heavy atom. The number of pyridine rings is 1. The van der Waals surface area contributed by atoms with Crippen LogP contribution in [0.1, 0.15) is 11.7 Å². The van der Waals surface area contributed by atoms with Crippen molar-refractivity contribution in [2.24, 2.45) is 0 Å². The van der Waals surface area contributed by atoms with Crippen LogP contribution >= 0.6 is 11.6 Å². The van der Waals surface area contributed by atoms with Crippen LogP contribution in [-0.2, 0) is 0 Å². The van der Waals surface area contributed by atoms with Crippen LogP contribution in [0.3, 0.4) is 0 Å². The fourth-order valence-electron chi connectivity index (χ4n) is 1.01. The molecule has 5 nitrogen and oxygen atoms in total. The molecule has 1 heterocycles. The Balaban J connectivity index is 2.99. The van der Waals surface area contributed by atoms with Crippen LogP contribution in [0.5, 0.6) is 0 Å². The van der Waals surface area contributed by atoms with Gasteiger partial charge in [0.25, 0.3) is 0 Å². The van der Waals surface area contributed by atoms with E-state index >= 15 is 0 Å². The van der Waals surface area contributed by atoms with Gasteiger partial charge in [-0.05, 0) is 6.07 Å². The normalized spacial score (nSPS) is 15.1. The molecular formula is C8H11ClN2O3. The zero-order valence-electron chi connectivity index (χ0n) is 7.26. The van der Waals surface area contributed by atoms with Crippen molar-refractivity contribution in [3.63, 3.8) is 0 Å². The van der Waals surface area contributed by atoms with Gasteiger partial charge in [-0.15, -0.1) is 0 Å². The summed E-state index contributed by atoms with van der Waals surface area (Å²) >= 11 is 5.64. The number of rotatable bonds is 3. The summed E-state index contributed by atoms with van der Waals surface area (Å²) < 4.78 is 0. The van der Waals surface area contributed by atoms with Gasteiger partial charge in [0.2, 0.25) is 0 Å². The van der Waals surface area contributed by atoms with Gasteiger partial charge in [0.1, 0.15) is 18.0 Å². The molecule has 0 spiro atoms. The van der Waals surface area contributed by atoms with Gasteiger partial charge in [0.15, 0.2) is 0 Å². The third-order valence-electron chi connectivity index (χ3n) is 1.79. The van der Waals surface area contributed by atoms with E-state index in [9.17, 15) is 5.11 Å². The second kappa shape index (κ2) is 4.56. The molecule has 1 rings (SSSR count). The number of aliphatic hydroxyl groups excluding tert-OH is 3. The number of aliphatic hydroxyl groups is 3. The third kappa shape index (κ3) is 2.33. The molecule has 2 unspecified atom stereocenters. The molecule has 6 heteroatoms. The van der Waals surface area contributed by atoms with Crippen LogP contribution in [0.2, 0.25) is 5.02 Å². The first-order valence-electron chi connectivity index (χ1n) is 3.94. The van der Waals surface area contributed by atoms with Crippen molar-refractivity contribution in [2.75, 3.05) is 12.3 Å². The van der Waals surface area contributed by atoms with E-state index in [4.69, 9.17) is 27.5 Å². The Labute approximate surface area is 85.8 Å². The van der Waals surface area contributed by atoms with E-state index in [2.05, 4.69) is 4.98 Å². The van der Waals surface area contributed by atoms with Crippen LogP contribution in [0.25, 0.3) is 0 Å². The van der Waals surface area contributed by atoms with Gasteiger partial charge in [-0.25, -0.2) is 4.98 Å². The molecule has 0 aliphatic heterocycles. The predicted molar refractivity (Wildman–Crippen MR) is 51.7 cm³/mol. The van der Waals surface area contributed by atoms with Crippen LogP contribution in [-0.4, -0.2) is 33.0 Å². The minimum absolute atomic E-state index is 0.0781. The number of nitrogens with zero attached hydrogens (tertiary/aromatic N) is 1. The van der Waals surface area contributed by atoms with Gasteiger partial charge >= 0.3 is 0 Å². The van der Waals surface area contributed by atoms with E-state index in [1.165, 1.54) is 12.3 Å². The number of hydrogen-bond donors (Lipinski definition) is 4.